The van der Waals surface area contributed by atoms with Gasteiger partial charge in [0.25, 0.3) is 5.92 Å². The van der Waals surface area contributed by atoms with Crippen LogP contribution < -0.4 is 4.90 Å². The monoisotopic (exact) mass is 508 g/mol. The van der Waals surface area contributed by atoms with Crippen molar-refractivity contribution in [2.75, 3.05) is 30.9 Å². The number of aliphatic hydroxyl groups excluding tert-OH is 2. The maximum Gasteiger partial charge on any atom is 0.350 e. The van der Waals surface area contributed by atoms with Crippen molar-refractivity contribution in [3.63, 3.8) is 0 Å². The van der Waals surface area contributed by atoms with E-state index >= 15 is 0 Å². The minimum atomic E-state index is -4.43. The molecule has 0 saturated carbocycles. The Kier molecular flexibility index (Phi) is 6.41. The van der Waals surface area contributed by atoms with Crippen molar-refractivity contribution in [1.82, 2.24) is 9.55 Å². The second-order valence-electron chi connectivity index (χ2n) is 7.93. The number of nitriles is 1. The summed E-state index contributed by atoms with van der Waals surface area (Å²) in [5.74, 6) is -2.91. The normalized spacial score (nSPS) is 27.4. The van der Waals surface area contributed by atoms with Crippen molar-refractivity contribution < 1.29 is 42.8 Å². The van der Waals surface area contributed by atoms with Gasteiger partial charge in [0.05, 0.1) is 18.8 Å². The molecule has 33 heavy (non-hydrogen) atoms. The van der Waals surface area contributed by atoms with E-state index in [4.69, 9.17) is 30.9 Å². The fourth-order valence-corrected chi connectivity index (χ4v) is 4.68. The van der Waals surface area contributed by atoms with Crippen molar-refractivity contribution in [2.24, 2.45) is 0 Å². The van der Waals surface area contributed by atoms with E-state index in [1.165, 1.54) is 21.7 Å². The lowest BCUT2D eigenvalue weighted by molar-refractivity contribution is -0.0610. The standard InChI is InChI=1S/C18H20ClF2N4O7P/c19-12-10(5-22)23-16-9(13(12)24-4-2-18(20,21)7-24)1-3-25(16)17-15(27)14(26)11(32-17)6-31-8-33(28,29)30/h1,3,11,14-15,17,26-27H,2,4,6-8H2,(H2,28,29,30)/t11-,14-,15-,17-/m1/s1. The van der Waals surface area contributed by atoms with E-state index in [1.54, 1.807) is 0 Å². The molecule has 0 spiro atoms. The van der Waals surface area contributed by atoms with Gasteiger partial charge in [0.1, 0.15) is 41.4 Å². The molecule has 0 amide bonds. The number of fused-ring (bicyclic) bond motifs is 1. The van der Waals surface area contributed by atoms with Gasteiger partial charge in [-0.2, -0.15) is 5.26 Å². The highest BCUT2D eigenvalue weighted by molar-refractivity contribution is 7.51. The summed E-state index contributed by atoms with van der Waals surface area (Å²) in [6, 6.07) is 3.36. The van der Waals surface area contributed by atoms with Gasteiger partial charge < -0.3 is 38.9 Å². The number of hydrogen-bond donors (Lipinski definition) is 4. The Morgan fingerprint density at radius 1 is 1.39 bits per heavy atom. The molecule has 2 fully saturated rings. The molecule has 4 heterocycles. The lowest BCUT2D eigenvalue weighted by atomic mass is 10.1. The fraction of sp³-hybridized carbons (Fsp3) is 0.556. The van der Waals surface area contributed by atoms with Crippen LogP contribution in [0.5, 0.6) is 0 Å². The van der Waals surface area contributed by atoms with E-state index in [0.29, 0.717) is 5.39 Å². The first-order chi connectivity index (χ1) is 15.4. The Morgan fingerprint density at radius 2 is 2.12 bits per heavy atom. The molecular formula is C18H20ClF2N4O7P. The van der Waals surface area contributed by atoms with E-state index in [2.05, 4.69) is 4.98 Å². The van der Waals surface area contributed by atoms with Crippen LogP contribution in [0.15, 0.2) is 12.3 Å². The Labute approximate surface area is 190 Å². The maximum atomic E-state index is 13.8. The lowest BCUT2D eigenvalue weighted by Gasteiger charge is -2.22. The van der Waals surface area contributed by atoms with Crippen LogP contribution in [0.4, 0.5) is 14.5 Å². The summed E-state index contributed by atoms with van der Waals surface area (Å²) in [6.45, 7) is -0.972. The molecule has 2 saturated heterocycles. The highest BCUT2D eigenvalue weighted by Gasteiger charge is 2.45. The molecule has 11 nitrogen and oxygen atoms in total. The average molecular weight is 509 g/mol. The van der Waals surface area contributed by atoms with Gasteiger partial charge in [-0.05, 0) is 6.07 Å². The Morgan fingerprint density at radius 3 is 2.73 bits per heavy atom. The Hall–Kier alpha value is -1.88. The first kappa shape index (κ1) is 24.3. The predicted octanol–water partition coefficient (Wildman–Crippen LogP) is 1.18. The smallest absolute Gasteiger partial charge is 0.350 e. The number of anilines is 1. The first-order valence-corrected chi connectivity index (χ1v) is 12.0. The topological polar surface area (TPSA) is 161 Å². The van der Waals surface area contributed by atoms with Gasteiger partial charge in [0.2, 0.25) is 0 Å². The van der Waals surface area contributed by atoms with Gasteiger partial charge in [0, 0.05) is 24.5 Å². The van der Waals surface area contributed by atoms with Gasteiger partial charge in [-0.1, -0.05) is 11.6 Å². The quantitative estimate of drug-likeness (QED) is 0.417. The van der Waals surface area contributed by atoms with Crippen LogP contribution in [0.25, 0.3) is 11.0 Å². The van der Waals surface area contributed by atoms with Crippen LogP contribution in [0.3, 0.4) is 0 Å². The van der Waals surface area contributed by atoms with E-state index in [0.717, 1.165) is 0 Å². The zero-order valence-corrected chi connectivity index (χ0v) is 18.5. The number of pyridine rings is 1. The van der Waals surface area contributed by atoms with Gasteiger partial charge in [0.15, 0.2) is 11.9 Å². The molecule has 0 aliphatic carbocycles. The van der Waals surface area contributed by atoms with Crippen LogP contribution in [-0.4, -0.2) is 79.8 Å². The van der Waals surface area contributed by atoms with Crippen molar-refractivity contribution in [3.05, 3.63) is 23.0 Å². The van der Waals surface area contributed by atoms with Crippen LogP contribution in [0.2, 0.25) is 5.02 Å². The molecule has 2 aromatic rings. The first-order valence-electron chi connectivity index (χ1n) is 9.79. The maximum absolute atomic E-state index is 13.8. The van der Waals surface area contributed by atoms with E-state index in [1.807, 2.05) is 6.07 Å². The van der Waals surface area contributed by atoms with E-state index in [-0.39, 0.29) is 35.0 Å². The molecule has 4 rings (SSSR count). The molecule has 4 atom stereocenters. The van der Waals surface area contributed by atoms with Gasteiger partial charge in [-0.15, -0.1) is 0 Å². The molecule has 0 aromatic carbocycles. The molecular weight excluding hydrogens is 489 g/mol. The third-order valence-corrected chi connectivity index (χ3v) is 6.40. The highest BCUT2D eigenvalue weighted by Crippen LogP contribution is 2.42. The third-order valence-electron chi connectivity index (χ3n) is 5.52. The molecule has 4 N–H and O–H groups in total. The molecule has 2 aliphatic heterocycles. The summed E-state index contributed by atoms with van der Waals surface area (Å²) in [7, 11) is -4.43. The van der Waals surface area contributed by atoms with Crippen molar-refractivity contribution in [3.8, 4) is 6.07 Å². The summed E-state index contributed by atoms with van der Waals surface area (Å²) in [5, 5.41) is 30.6. The summed E-state index contributed by atoms with van der Waals surface area (Å²) in [6.07, 6.45) is -5.06. The van der Waals surface area contributed by atoms with Crippen LogP contribution in [-0.2, 0) is 14.0 Å². The number of nitrogens with zero attached hydrogens (tertiary/aromatic N) is 4. The molecule has 0 unspecified atom stereocenters. The van der Waals surface area contributed by atoms with E-state index in [9.17, 15) is 28.8 Å². The second kappa shape index (κ2) is 8.72. The fourth-order valence-electron chi connectivity index (χ4n) is 4.03. The number of aliphatic hydroxyl groups is 2. The molecule has 2 aliphatic rings. The molecule has 0 radical (unpaired) electrons. The summed E-state index contributed by atoms with van der Waals surface area (Å²) >= 11 is 6.32. The zero-order valence-electron chi connectivity index (χ0n) is 16.9. The third kappa shape index (κ3) is 4.71. The Bertz CT molecular complexity index is 1150. The number of halogens is 3. The minimum Gasteiger partial charge on any atom is -0.387 e. The largest absolute Gasteiger partial charge is 0.387 e. The van der Waals surface area contributed by atoms with Crippen LogP contribution in [0.1, 0.15) is 18.3 Å². The lowest BCUT2D eigenvalue weighted by Crippen LogP contribution is -2.34. The second-order valence-corrected chi connectivity index (χ2v) is 9.90. The van der Waals surface area contributed by atoms with Gasteiger partial charge >= 0.3 is 7.60 Å². The summed E-state index contributed by atoms with van der Waals surface area (Å²) < 4.78 is 50.5. The van der Waals surface area contributed by atoms with E-state index < -0.39 is 57.6 Å². The van der Waals surface area contributed by atoms with Gasteiger partial charge in [-0.25, -0.2) is 13.8 Å². The minimum absolute atomic E-state index is 0.0160. The predicted molar refractivity (Wildman–Crippen MR) is 110 cm³/mol. The number of rotatable bonds is 6. The summed E-state index contributed by atoms with van der Waals surface area (Å²) in [5.41, 5.74) is 0.127. The van der Waals surface area contributed by atoms with Gasteiger partial charge in [-0.3, -0.25) is 4.57 Å². The molecule has 0 bridgehead atoms. The molecule has 180 valence electrons. The van der Waals surface area contributed by atoms with Crippen LogP contribution in [0, 0.1) is 11.3 Å². The summed E-state index contributed by atoms with van der Waals surface area (Å²) in [4.78, 5) is 23.3. The number of hydrogen-bond acceptors (Lipinski definition) is 8. The highest BCUT2D eigenvalue weighted by atomic mass is 35.5. The SMILES string of the molecule is N#Cc1nc2c(ccn2[C@@H]2O[C@H](COCP(=O)(O)O)[C@@H](O)[C@H]2O)c(N2CCC(F)(F)C2)c1Cl. The van der Waals surface area contributed by atoms with Crippen molar-refractivity contribution in [2.45, 2.75) is 36.9 Å². The number of ether oxygens (including phenoxy) is 2. The average Bonchev–Trinajstić information content (AvgIpc) is 3.37. The molecule has 2 aromatic heterocycles. The van der Waals surface area contributed by atoms with Crippen LogP contribution >= 0.6 is 19.2 Å². The molecule has 15 heteroatoms. The van der Waals surface area contributed by atoms with Crippen molar-refractivity contribution >= 4 is 35.9 Å². The number of aromatic nitrogens is 2. The number of alkyl halides is 2. The Balaban J connectivity index is 1.67. The van der Waals surface area contributed by atoms with Crippen molar-refractivity contribution in [1.29, 1.82) is 5.26 Å². The zero-order chi connectivity index (χ0) is 24.1.